The van der Waals surface area contributed by atoms with Gasteiger partial charge in [0.15, 0.2) is 0 Å². The zero-order valence-corrected chi connectivity index (χ0v) is 16.7. The second-order valence-corrected chi connectivity index (χ2v) is 8.00. The van der Waals surface area contributed by atoms with Crippen LogP contribution in [0.2, 0.25) is 0 Å². The maximum absolute atomic E-state index is 12.2. The minimum atomic E-state index is -1.35. The third-order valence-corrected chi connectivity index (χ3v) is 5.40. The standard InChI is InChI=1S/C23H27NO5/c1-23(2,14-25)21(27)22(28)24-12-11-20(26)29-13-19-17-9-5-3-7-15(17)16-8-4-6-10-18(16)19/h3-10,19,21,25,27H,11-14H2,1-2H3,(H,24,28)/t21-/m0/s1. The molecular weight excluding hydrogens is 370 g/mol. The average molecular weight is 397 g/mol. The number of benzene rings is 2. The minimum Gasteiger partial charge on any atom is -0.465 e. The van der Waals surface area contributed by atoms with Gasteiger partial charge in [0.25, 0.3) is 0 Å². The molecule has 1 amide bonds. The number of hydrogen-bond acceptors (Lipinski definition) is 5. The summed E-state index contributed by atoms with van der Waals surface area (Å²) in [5, 5.41) is 21.7. The number of carbonyl (C=O) groups excluding carboxylic acids is 2. The molecule has 3 rings (SSSR count). The molecule has 0 bridgehead atoms. The van der Waals surface area contributed by atoms with Crippen molar-refractivity contribution in [2.45, 2.75) is 32.3 Å². The number of aliphatic hydroxyl groups excluding tert-OH is 2. The molecule has 0 fully saturated rings. The van der Waals surface area contributed by atoms with Crippen LogP contribution in [0.15, 0.2) is 48.5 Å². The highest BCUT2D eigenvalue weighted by molar-refractivity contribution is 5.82. The van der Waals surface area contributed by atoms with Gasteiger partial charge in [0.05, 0.1) is 13.0 Å². The smallest absolute Gasteiger partial charge is 0.307 e. The van der Waals surface area contributed by atoms with Gasteiger partial charge in [-0.2, -0.15) is 0 Å². The molecule has 3 N–H and O–H groups in total. The maximum Gasteiger partial charge on any atom is 0.307 e. The third kappa shape index (κ3) is 4.49. The van der Waals surface area contributed by atoms with E-state index in [0.717, 1.165) is 22.3 Å². The van der Waals surface area contributed by atoms with Gasteiger partial charge in [0, 0.05) is 17.9 Å². The zero-order chi connectivity index (χ0) is 21.0. The Kier molecular flexibility index (Phi) is 6.35. The molecule has 1 atom stereocenters. The molecule has 1 aliphatic carbocycles. The third-order valence-electron chi connectivity index (χ3n) is 5.40. The van der Waals surface area contributed by atoms with Gasteiger partial charge in [-0.15, -0.1) is 0 Å². The maximum atomic E-state index is 12.2. The van der Waals surface area contributed by atoms with Crippen LogP contribution in [0, 0.1) is 5.41 Å². The van der Waals surface area contributed by atoms with Crippen LogP contribution < -0.4 is 5.32 Å². The summed E-state index contributed by atoms with van der Waals surface area (Å²) in [4.78, 5) is 24.1. The van der Waals surface area contributed by atoms with E-state index in [2.05, 4.69) is 29.6 Å². The highest BCUT2D eigenvalue weighted by Gasteiger charge is 2.33. The van der Waals surface area contributed by atoms with E-state index in [9.17, 15) is 19.8 Å². The number of nitrogens with one attached hydrogen (secondary N) is 1. The van der Waals surface area contributed by atoms with Gasteiger partial charge in [0.2, 0.25) is 5.91 Å². The Morgan fingerprint density at radius 2 is 1.62 bits per heavy atom. The molecular formula is C23H27NO5. The highest BCUT2D eigenvalue weighted by Crippen LogP contribution is 2.44. The Morgan fingerprint density at radius 1 is 1.07 bits per heavy atom. The Labute approximate surface area is 170 Å². The van der Waals surface area contributed by atoms with Crippen molar-refractivity contribution in [1.29, 1.82) is 0 Å². The van der Waals surface area contributed by atoms with E-state index in [-0.39, 0.29) is 32.1 Å². The normalized spacial score (nSPS) is 14.1. The SMILES string of the molecule is CC(C)(CO)[C@@H](O)C(=O)NCCC(=O)OCC1c2ccccc2-c2ccccc21. The van der Waals surface area contributed by atoms with Crippen molar-refractivity contribution in [3.63, 3.8) is 0 Å². The Balaban J connectivity index is 1.52. The lowest BCUT2D eigenvalue weighted by molar-refractivity contribution is -0.144. The molecule has 2 aromatic carbocycles. The number of hydrogen-bond donors (Lipinski definition) is 3. The predicted octanol–water partition coefficient (Wildman–Crippen LogP) is 2.23. The summed E-state index contributed by atoms with van der Waals surface area (Å²) in [6.45, 7) is 3.15. The second kappa shape index (κ2) is 8.76. The molecule has 6 heteroatoms. The molecule has 0 saturated carbocycles. The number of ether oxygens (including phenoxy) is 1. The van der Waals surface area contributed by atoms with Crippen molar-refractivity contribution in [2.24, 2.45) is 5.41 Å². The van der Waals surface area contributed by atoms with Gasteiger partial charge in [-0.1, -0.05) is 62.4 Å². The van der Waals surface area contributed by atoms with Crippen LogP contribution in [-0.4, -0.2) is 48.0 Å². The lowest BCUT2D eigenvalue weighted by Crippen LogP contribution is -2.46. The van der Waals surface area contributed by atoms with Crippen LogP contribution in [0.1, 0.15) is 37.3 Å². The van der Waals surface area contributed by atoms with Crippen molar-refractivity contribution in [3.8, 4) is 11.1 Å². The van der Waals surface area contributed by atoms with Crippen LogP contribution >= 0.6 is 0 Å². The van der Waals surface area contributed by atoms with Crippen molar-refractivity contribution >= 4 is 11.9 Å². The topological polar surface area (TPSA) is 95.9 Å². The molecule has 6 nitrogen and oxygen atoms in total. The largest absolute Gasteiger partial charge is 0.465 e. The van der Waals surface area contributed by atoms with Gasteiger partial charge in [0.1, 0.15) is 12.7 Å². The second-order valence-electron chi connectivity index (χ2n) is 8.00. The monoisotopic (exact) mass is 397 g/mol. The molecule has 29 heavy (non-hydrogen) atoms. The van der Waals surface area contributed by atoms with E-state index in [1.165, 1.54) is 0 Å². The summed E-state index contributed by atoms with van der Waals surface area (Å²) >= 11 is 0. The summed E-state index contributed by atoms with van der Waals surface area (Å²) in [5.41, 5.74) is 3.66. The van der Waals surface area contributed by atoms with Crippen molar-refractivity contribution in [3.05, 3.63) is 59.7 Å². The molecule has 0 unspecified atom stereocenters. The molecule has 154 valence electrons. The molecule has 0 saturated heterocycles. The Morgan fingerprint density at radius 3 is 2.17 bits per heavy atom. The molecule has 1 aliphatic rings. The van der Waals surface area contributed by atoms with E-state index >= 15 is 0 Å². The summed E-state index contributed by atoms with van der Waals surface area (Å²) in [6.07, 6.45) is -1.34. The molecule has 0 radical (unpaired) electrons. The molecule has 0 heterocycles. The van der Waals surface area contributed by atoms with E-state index in [4.69, 9.17) is 4.74 Å². The van der Waals surface area contributed by atoms with Crippen LogP contribution in [0.25, 0.3) is 11.1 Å². The fourth-order valence-corrected chi connectivity index (χ4v) is 3.51. The number of esters is 1. The number of amides is 1. The average Bonchev–Trinajstić information content (AvgIpc) is 3.05. The first-order chi connectivity index (χ1) is 13.8. The minimum absolute atomic E-state index is 0.00637. The van der Waals surface area contributed by atoms with Crippen LogP contribution in [0.5, 0.6) is 0 Å². The van der Waals surface area contributed by atoms with Crippen molar-refractivity contribution in [1.82, 2.24) is 5.32 Å². The number of aliphatic hydroxyl groups is 2. The molecule has 2 aromatic rings. The molecule has 0 spiro atoms. The van der Waals surface area contributed by atoms with E-state index in [1.807, 2.05) is 24.3 Å². The summed E-state index contributed by atoms with van der Waals surface area (Å²) in [5.74, 6) is -1.04. The van der Waals surface area contributed by atoms with Crippen molar-refractivity contribution in [2.75, 3.05) is 19.8 Å². The van der Waals surface area contributed by atoms with E-state index in [0.29, 0.717) is 0 Å². The van der Waals surface area contributed by atoms with Crippen LogP contribution in [0.4, 0.5) is 0 Å². The number of rotatable bonds is 8. The van der Waals surface area contributed by atoms with E-state index < -0.39 is 23.4 Å². The lowest BCUT2D eigenvalue weighted by Gasteiger charge is -2.27. The fourth-order valence-electron chi connectivity index (χ4n) is 3.51. The summed E-state index contributed by atoms with van der Waals surface area (Å²) < 4.78 is 5.48. The highest BCUT2D eigenvalue weighted by atomic mass is 16.5. The molecule has 0 aromatic heterocycles. The van der Waals surface area contributed by atoms with Gasteiger partial charge in [-0.3, -0.25) is 9.59 Å². The predicted molar refractivity (Wildman–Crippen MR) is 109 cm³/mol. The Bertz CT molecular complexity index is 847. The Hall–Kier alpha value is -2.70. The lowest BCUT2D eigenvalue weighted by atomic mass is 9.87. The van der Waals surface area contributed by atoms with Crippen LogP contribution in [0.3, 0.4) is 0 Å². The van der Waals surface area contributed by atoms with Crippen LogP contribution in [-0.2, 0) is 14.3 Å². The van der Waals surface area contributed by atoms with Gasteiger partial charge >= 0.3 is 5.97 Å². The first-order valence-electron chi connectivity index (χ1n) is 9.75. The molecule has 0 aliphatic heterocycles. The summed E-state index contributed by atoms with van der Waals surface area (Å²) in [6, 6.07) is 16.2. The number of fused-ring (bicyclic) bond motifs is 3. The van der Waals surface area contributed by atoms with E-state index in [1.54, 1.807) is 13.8 Å². The first kappa shape index (κ1) is 21.0. The fraction of sp³-hybridized carbons (Fsp3) is 0.391. The van der Waals surface area contributed by atoms with Gasteiger partial charge in [-0.05, 0) is 22.3 Å². The van der Waals surface area contributed by atoms with Gasteiger partial charge < -0.3 is 20.3 Å². The zero-order valence-electron chi connectivity index (χ0n) is 16.7. The van der Waals surface area contributed by atoms with Gasteiger partial charge in [-0.25, -0.2) is 0 Å². The quantitative estimate of drug-likeness (QED) is 0.594. The summed E-state index contributed by atoms with van der Waals surface area (Å²) in [7, 11) is 0. The number of carbonyl (C=O) groups is 2. The first-order valence-corrected chi connectivity index (χ1v) is 9.75. The van der Waals surface area contributed by atoms with Crippen molar-refractivity contribution < 1.29 is 24.5 Å².